The minimum atomic E-state index is -0.354. The maximum absolute atomic E-state index is 13.0. The predicted molar refractivity (Wildman–Crippen MR) is 101 cm³/mol. The molecule has 0 saturated heterocycles. The minimum Gasteiger partial charge on any atom is -0.493 e. The Hall–Kier alpha value is -3.69. The molecule has 0 bridgehead atoms. The first-order chi connectivity index (χ1) is 14.0. The lowest BCUT2D eigenvalue weighted by molar-refractivity contribution is -0.122. The van der Waals surface area contributed by atoms with Crippen LogP contribution in [0.15, 0.2) is 36.4 Å². The van der Waals surface area contributed by atoms with E-state index in [2.05, 4.69) is 20.7 Å². The number of hydrogen-bond acceptors (Lipinski definition) is 7. The standard InChI is InChI=1S/C19H20FN5O4/c1-27-15-8-12(9-16(28-2)18(15)29-3)10-21-17(26)11-25-23-19(22-24-25)13-4-6-14(20)7-5-13/h4-9H,10-11H2,1-3H3,(H,21,26). The summed E-state index contributed by atoms with van der Waals surface area (Å²) in [6.45, 7) is 0.133. The van der Waals surface area contributed by atoms with Crippen LogP contribution >= 0.6 is 0 Å². The summed E-state index contributed by atoms with van der Waals surface area (Å²) in [4.78, 5) is 13.4. The maximum atomic E-state index is 13.0. The molecule has 0 fully saturated rings. The van der Waals surface area contributed by atoms with Crippen LogP contribution in [0, 0.1) is 5.82 Å². The number of rotatable bonds is 8. The van der Waals surface area contributed by atoms with E-state index in [4.69, 9.17) is 14.2 Å². The van der Waals surface area contributed by atoms with Crippen LogP contribution in [-0.2, 0) is 17.9 Å². The van der Waals surface area contributed by atoms with Crippen LogP contribution in [-0.4, -0.2) is 47.4 Å². The zero-order valence-electron chi connectivity index (χ0n) is 16.2. The molecule has 0 aliphatic carbocycles. The first-order valence-corrected chi connectivity index (χ1v) is 8.63. The summed E-state index contributed by atoms with van der Waals surface area (Å²) in [5.74, 6) is 1.12. The van der Waals surface area contributed by atoms with Gasteiger partial charge in [-0.25, -0.2) is 4.39 Å². The number of methoxy groups -OCH3 is 3. The first-order valence-electron chi connectivity index (χ1n) is 8.63. The maximum Gasteiger partial charge on any atom is 0.243 e. The zero-order valence-corrected chi connectivity index (χ0v) is 16.2. The summed E-state index contributed by atoms with van der Waals surface area (Å²) in [6.07, 6.45) is 0. The second-order valence-corrected chi connectivity index (χ2v) is 5.96. The zero-order chi connectivity index (χ0) is 20.8. The number of carbonyl (C=O) groups excluding carboxylic acids is 1. The molecule has 0 aliphatic rings. The van der Waals surface area contributed by atoms with E-state index in [1.165, 1.54) is 38.3 Å². The van der Waals surface area contributed by atoms with E-state index in [1.807, 2.05) is 0 Å². The molecule has 3 aromatic rings. The number of aromatic nitrogens is 4. The fraction of sp³-hybridized carbons (Fsp3) is 0.263. The van der Waals surface area contributed by atoms with Crippen molar-refractivity contribution in [1.29, 1.82) is 0 Å². The smallest absolute Gasteiger partial charge is 0.243 e. The molecule has 0 unspecified atom stereocenters. The lowest BCUT2D eigenvalue weighted by Gasteiger charge is -2.14. The molecule has 1 amide bonds. The number of hydrogen-bond donors (Lipinski definition) is 1. The molecule has 0 spiro atoms. The number of carbonyl (C=O) groups is 1. The molecule has 0 aliphatic heterocycles. The van der Waals surface area contributed by atoms with Gasteiger partial charge in [0.05, 0.1) is 21.3 Å². The molecular weight excluding hydrogens is 381 g/mol. The van der Waals surface area contributed by atoms with Crippen molar-refractivity contribution in [3.05, 3.63) is 47.8 Å². The summed E-state index contributed by atoms with van der Waals surface area (Å²) in [6, 6.07) is 9.20. The van der Waals surface area contributed by atoms with Crippen LogP contribution in [0.3, 0.4) is 0 Å². The normalized spacial score (nSPS) is 10.5. The molecule has 10 heteroatoms. The third-order valence-electron chi connectivity index (χ3n) is 4.05. The molecule has 1 N–H and O–H groups in total. The van der Waals surface area contributed by atoms with Crippen molar-refractivity contribution in [2.24, 2.45) is 0 Å². The van der Waals surface area contributed by atoms with Gasteiger partial charge in [-0.05, 0) is 47.2 Å². The van der Waals surface area contributed by atoms with E-state index >= 15 is 0 Å². The molecule has 3 rings (SSSR count). The number of ether oxygens (including phenoxy) is 3. The van der Waals surface area contributed by atoms with Gasteiger partial charge in [0.25, 0.3) is 0 Å². The quantitative estimate of drug-likeness (QED) is 0.614. The van der Waals surface area contributed by atoms with Gasteiger partial charge in [-0.3, -0.25) is 4.79 Å². The highest BCUT2D eigenvalue weighted by Crippen LogP contribution is 2.38. The Kier molecular flexibility index (Phi) is 6.22. The molecule has 1 heterocycles. The van der Waals surface area contributed by atoms with Crippen molar-refractivity contribution in [1.82, 2.24) is 25.5 Å². The molecule has 9 nitrogen and oxygen atoms in total. The fourth-order valence-corrected chi connectivity index (χ4v) is 2.65. The Balaban J connectivity index is 1.62. The van der Waals surface area contributed by atoms with Crippen molar-refractivity contribution >= 4 is 5.91 Å². The molecule has 152 valence electrons. The van der Waals surface area contributed by atoms with Gasteiger partial charge in [0.1, 0.15) is 12.4 Å². The van der Waals surface area contributed by atoms with E-state index < -0.39 is 0 Å². The number of tetrazole rings is 1. The number of benzene rings is 2. The summed E-state index contributed by atoms with van der Waals surface area (Å²) < 4.78 is 28.9. The van der Waals surface area contributed by atoms with Gasteiger partial charge < -0.3 is 19.5 Å². The monoisotopic (exact) mass is 401 g/mol. The number of amides is 1. The highest BCUT2D eigenvalue weighted by molar-refractivity contribution is 5.75. The lowest BCUT2D eigenvalue weighted by Crippen LogP contribution is -2.28. The lowest BCUT2D eigenvalue weighted by atomic mass is 10.1. The topological polar surface area (TPSA) is 100 Å². The second-order valence-electron chi connectivity index (χ2n) is 5.96. The van der Waals surface area contributed by atoms with Gasteiger partial charge >= 0.3 is 0 Å². The van der Waals surface area contributed by atoms with Crippen LogP contribution in [0.25, 0.3) is 11.4 Å². The Bertz CT molecular complexity index is 966. The van der Waals surface area contributed by atoms with Gasteiger partial charge in [0.2, 0.25) is 17.5 Å². The molecule has 1 aromatic heterocycles. The molecule has 2 aromatic carbocycles. The Morgan fingerprint density at radius 2 is 1.72 bits per heavy atom. The van der Waals surface area contributed by atoms with Crippen LogP contribution in [0.2, 0.25) is 0 Å². The largest absolute Gasteiger partial charge is 0.493 e. The third-order valence-corrected chi connectivity index (χ3v) is 4.05. The highest BCUT2D eigenvalue weighted by Gasteiger charge is 2.14. The number of nitrogens with one attached hydrogen (secondary N) is 1. The van der Waals surface area contributed by atoms with Crippen LogP contribution in [0.4, 0.5) is 4.39 Å². The number of nitrogens with zero attached hydrogens (tertiary/aromatic N) is 4. The van der Waals surface area contributed by atoms with Gasteiger partial charge in [-0.2, -0.15) is 4.80 Å². The predicted octanol–water partition coefficient (Wildman–Crippen LogP) is 1.82. The number of halogens is 1. The van der Waals surface area contributed by atoms with E-state index in [0.29, 0.717) is 28.6 Å². The summed E-state index contributed by atoms with van der Waals surface area (Å²) in [5, 5.41) is 14.6. The minimum absolute atomic E-state index is 0.112. The van der Waals surface area contributed by atoms with Crippen molar-refractivity contribution in [3.8, 4) is 28.6 Å². The molecule has 0 saturated carbocycles. The van der Waals surface area contributed by atoms with Crippen molar-refractivity contribution in [2.45, 2.75) is 13.1 Å². The van der Waals surface area contributed by atoms with Crippen molar-refractivity contribution in [2.75, 3.05) is 21.3 Å². The molecule has 29 heavy (non-hydrogen) atoms. The summed E-state index contributed by atoms with van der Waals surface area (Å²) in [5.41, 5.74) is 1.38. The first kappa shape index (κ1) is 20.1. The van der Waals surface area contributed by atoms with Gasteiger partial charge in [-0.1, -0.05) is 0 Å². The van der Waals surface area contributed by atoms with E-state index in [9.17, 15) is 9.18 Å². The molecule has 0 radical (unpaired) electrons. The molecule has 0 atom stereocenters. The molecular formula is C19H20FN5O4. The summed E-state index contributed by atoms with van der Waals surface area (Å²) >= 11 is 0. The van der Waals surface area contributed by atoms with E-state index in [0.717, 1.165) is 5.56 Å². The average molecular weight is 401 g/mol. The van der Waals surface area contributed by atoms with Crippen LogP contribution in [0.1, 0.15) is 5.56 Å². The highest BCUT2D eigenvalue weighted by atomic mass is 19.1. The summed E-state index contributed by atoms with van der Waals surface area (Å²) in [7, 11) is 4.57. The van der Waals surface area contributed by atoms with E-state index in [1.54, 1.807) is 24.3 Å². The van der Waals surface area contributed by atoms with Crippen molar-refractivity contribution in [3.63, 3.8) is 0 Å². The Labute approximate surface area is 166 Å². The van der Waals surface area contributed by atoms with E-state index in [-0.39, 0.29) is 24.8 Å². The van der Waals surface area contributed by atoms with Gasteiger partial charge in [-0.15, -0.1) is 10.2 Å². The van der Waals surface area contributed by atoms with Gasteiger partial charge in [0.15, 0.2) is 11.5 Å². The second kappa shape index (κ2) is 9.00. The average Bonchev–Trinajstić information content (AvgIpc) is 3.20. The van der Waals surface area contributed by atoms with Crippen LogP contribution < -0.4 is 19.5 Å². The SMILES string of the molecule is COc1cc(CNC(=O)Cn2nnc(-c3ccc(F)cc3)n2)cc(OC)c1OC. The third kappa shape index (κ3) is 4.78. The fourth-order valence-electron chi connectivity index (χ4n) is 2.65. The van der Waals surface area contributed by atoms with Crippen LogP contribution in [0.5, 0.6) is 17.2 Å². The van der Waals surface area contributed by atoms with Crippen molar-refractivity contribution < 1.29 is 23.4 Å². The Morgan fingerprint density at radius 1 is 1.07 bits per heavy atom. The Morgan fingerprint density at radius 3 is 2.31 bits per heavy atom. The van der Waals surface area contributed by atoms with Gasteiger partial charge in [0, 0.05) is 12.1 Å².